The van der Waals surface area contributed by atoms with E-state index in [9.17, 15) is 0 Å². The fourth-order valence-electron chi connectivity index (χ4n) is 2.46. The third-order valence-electron chi connectivity index (χ3n) is 3.59. The van der Waals surface area contributed by atoms with E-state index in [4.69, 9.17) is 9.40 Å². The molecular formula is C17H19N2O+. The molecule has 0 aliphatic carbocycles. The van der Waals surface area contributed by atoms with E-state index in [1.54, 1.807) is 0 Å². The maximum absolute atomic E-state index is 5.86. The normalized spacial score (nSPS) is 11.4. The summed E-state index contributed by atoms with van der Waals surface area (Å²) in [5, 5.41) is 0. The number of hydrogen-bond acceptors (Lipinski definition) is 2. The smallest absolute Gasteiger partial charge is 0.242 e. The van der Waals surface area contributed by atoms with Crippen molar-refractivity contribution >= 4 is 11.1 Å². The third-order valence-corrected chi connectivity index (χ3v) is 3.59. The molecule has 0 radical (unpaired) electrons. The van der Waals surface area contributed by atoms with E-state index >= 15 is 0 Å². The molecular weight excluding hydrogens is 248 g/mol. The van der Waals surface area contributed by atoms with Crippen LogP contribution in [0.15, 0.2) is 40.9 Å². The lowest BCUT2D eigenvalue weighted by Gasteiger charge is -2.03. The standard InChI is InChI=1S/C17H19N2O/c1-11(2)17-18-15-14(20-17)9-10-19(4)16(15)13-8-6-5-7-12(13)3/h5-11H,1-4H3/q+1. The fraction of sp³-hybridized carbons (Fsp3) is 0.294. The molecule has 102 valence electrons. The van der Waals surface area contributed by atoms with Crippen LogP contribution in [0.25, 0.3) is 22.4 Å². The lowest BCUT2D eigenvalue weighted by Crippen LogP contribution is -2.30. The number of benzene rings is 1. The quantitative estimate of drug-likeness (QED) is 0.662. The van der Waals surface area contributed by atoms with Crippen molar-refractivity contribution in [2.45, 2.75) is 26.7 Å². The highest BCUT2D eigenvalue weighted by Crippen LogP contribution is 2.29. The summed E-state index contributed by atoms with van der Waals surface area (Å²) < 4.78 is 7.97. The molecule has 3 heteroatoms. The average molecular weight is 267 g/mol. The second-order valence-corrected chi connectivity index (χ2v) is 5.51. The minimum atomic E-state index is 0.289. The average Bonchev–Trinajstić information content (AvgIpc) is 2.84. The predicted octanol–water partition coefficient (Wildman–Crippen LogP) is 3.75. The van der Waals surface area contributed by atoms with Gasteiger partial charge < -0.3 is 4.42 Å². The van der Waals surface area contributed by atoms with E-state index in [0.29, 0.717) is 0 Å². The van der Waals surface area contributed by atoms with E-state index in [1.165, 1.54) is 11.1 Å². The lowest BCUT2D eigenvalue weighted by molar-refractivity contribution is -0.659. The van der Waals surface area contributed by atoms with Crippen molar-refractivity contribution in [3.63, 3.8) is 0 Å². The number of aromatic nitrogens is 2. The Hall–Kier alpha value is -2.16. The second kappa shape index (κ2) is 4.75. The highest BCUT2D eigenvalue weighted by Gasteiger charge is 2.22. The van der Waals surface area contributed by atoms with E-state index in [0.717, 1.165) is 22.7 Å². The lowest BCUT2D eigenvalue weighted by atomic mass is 10.0. The summed E-state index contributed by atoms with van der Waals surface area (Å²) in [7, 11) is 2.05. The minimum Gasteiger partial charge on any atom is -0.440 e. The summed E-state index contributed by atoms with van der Waals surface area (Å²) in [5.41, 5.74) is 5.34. The van der Waals surface area contributed by atoms with E-state index in [-0.39, 0.29) is 5.92 Å². The molecule has 0 atom stereocenters. The number of oxazole rings is 1. The Balaban J connectivity index is 2.34. The van der Waals surface area contributed by atoms with Gasteiger partial charge in [0.2, 0.25) is 5.69 Å². The van der Waals surface area contributed by atoms with Gasteiger partial charge in [-0.1, -0.05) is 32.0 Å². The van der Waals surface area contributed by atoms with E-state index < -0.39 is 0 Å². The monoisotopic (exact) mass is 267 g/mol. The number of hydrogen-bond donors (Lipinski definition) is 0. The third kappa shape index (κ3) is 1.99. The summed E-state index contributed by atoms with van der Waals surface area (Å²) in [6.45, 7) is 6.31. The molecule has 3 rings (SSSR count). The van der Waals surface area contributed by atoms with E-state index in [1.807, 2.05) is 19.3 Å². The first-order valence-electron chi connectivity index (χ1n) is 6.93. The minimum absolute atomic E-state index is 0.289. The molecule has 2 heterocycles. The van der Waals surface area contributed by atoms with Crippen LogP contribution in [-0.4, -0.2) is 4.98 Å². The van der Waals surface area contributed by atoms with Gasteiger partial charge in [0.05, 0.1) is 5.56 Å². The predicted molar refractivity (Wildman–Crippen MR) is 79.4 cm³/mol. The van der Waals surface area contributed by atoms with Gasteiger partial charge in [-0.25, -0.2) is 4.98 Å². The van der Waals surface area contributed by atoms with Gasteiger partial charge in [-0.05, 0) is 18.6 Å². The van der Waals surface area contributed by atoms with Crippen LogP contribution in [0.4, 0.5) is 0 Å². The maximum Gasteiger partial charge on any atom is 0.242 e. The van der Waals surface area contributed by atoms with Crippen LogP contribution in [0.3, 0.4) is 0 Å². The number of pyridine rings is 1. The molecule has 0 saturated heterocycles. The Morgan fingerprint density at radius 1 is 1.15 bits per heavy atom. The summed E-state index contributed by atoms with van der Waals surface area (Å²) in [4.78, 5) is 4.70. The first kappa shape index (κ1) is 12.9. The van der Waals surface area contributed by atoms with Crippen molar-refractivity contribution in [1.82, 2.24) is 4.98 Å². The zero-order valence-electron chi connectivity index (χ0n) is 12.3. The number of nitrogens with zero attached hydrogens (tertiary/aromatic N) is 2. The molecule has 0 saturated carbocycles. The Bertz CT molecular complexity index is 772. The highest BCUT2D eigenvalue weighted by atomic mass is 16.3. The second-order valence-electron chi connectivity index (χ2n) is 5.51. The zero-order chi connectivity index (χ0) is 14.3. The Morgan fingerprint density at radius 3 is 2.60 bits per heavy atom. The van der Waals surface area contributed by atoms with Gasteiger partial charge in [0.15, 0.2) is 23.2 Å². The van der Waals surface area contributed by atoms with Crippen LogP contribution in [0.1, 0.15) is 31.2 Å². The van der Waals surface area contributed by atoms with Crippen LogP contribution in [-0.2, 0) is 7.05 Å². The molecule has 0 N–H and O–H groups in total. The van der Waals surface area contributed by atoms with Crippen LogP contribution in [0, 0.1) is 6.92 Å². The maximum atomic E-state index is 5.86. The Labute approximate surface area is 118 Å². The van der Waals surface area contributed by atoms with Crippen LogP contribution >= 0.6 is 0 Å². The molecule has 0 unspecified atom stereocenters. The van der Waals surface area contributed by atoms with Crippen molar-refractivity contribution in [3.8, 4) is 11.3 Å². The van der Waals surface area contributed by atoms with Crippen molar-refractivity contribution in [1.29, 1.82) is 0 Å². The molecule has 3 aromatic rings. The first-order chi connectivity index (χ1) is 9.58. The van der Waals surface area contributed by atoms with Crippen LogP contribution in [0.5, 0.6) is 0 Å². The first-order valence-corrected chi connectivity index (χ1v) is 6.93. The Kier molecular flexibility index (Phi) is 3.05. The largest absolute Gasteiger partial charge is 0.440 e. The van der Waals surface area contributed by atoms with Crippen molar-refractivity contribution in [3.05, 3.63) is 48.0 Å². The molecule has 0 bridgehead atoms. The molecule has 0 amide bonds. The molecule has 3 nitrogen and oxygen atoms in total. The van der Waals surface area contributed by atoms with Crippen LogP contribution in [0.2, 0.25) is 0 Å². The van der Waals surface area contributed by atoms with Gasteiger partial charge >= 0.3 is 0 Å². The fourth-order valence-corrected chi connectivity index (χ4v) is 2.46. The van der Waals surface area contributed by atoms with Crippen molar-refractivity contribution < 1.29 is 8.98 Å². The van der Waals surface area contributed by atoms with Crippen molar-refractivity contribution in [2.75, 3.05) is 0 Å². The molecule has 0 spiro atoms. The van der Waals surface area contributed by atoms with Gasteiger partial charge in [0, 0.05) is 12.0 Å². The summed E-state index contributed by atoms with van der Waals surface area (Å²) in [5.74, 6) is 1.08. The van der Waals surface area contributed by atoms with E-state index in [2.05, 4.69) is 49.6 Å². The molecule has 20 heavy (non-hydrogen) atoms. The van der Waals surface area contributed by atoms with Gasteiger partial charge in [0.1, 0.15) is 7.05 Å². The van der Waals surface area contributed by atoms with Gasteiger partial charge in [0.25, 0.3) is 0 Å². The highest BCUT2D eigenvalue weighted by molar-refractivity contribution is 5.87. The topological polar surface area (TPSA) is 29.9 Å². The van der Waals surface area contributed by atoms with Gasteiger partial charge in [-0.15, -0.1) is 0 Å². The summed E-state index contributed by atoms with van der Waals surface area (Å²) >= 11 is 0. The van der Waals surface area contributed by atoms with Gasteiger partial charge in [-0.3, -0.25) is 0 Å². The molecule has 2 aromatic heterocycles. The number of fused-ring (bicyclic) bond motifs is 1. The SMILES string of the molecule is Cc1ccccc1-c1c2nc(C(C)C)oc2cc[n+]1C. The molecule has 1 aromatic carbocycles. The molecule has 0 fully saturated rings. The summed E-state index contributed by atoms with van der Waals surface area (Å²) in [6, 6.07) is 10.4. The molecule has 0 aliphatic heterocycles. The van der Waals surface area contributed by atoms with Gasteiger partial charge in [-0.2, -0.15) is 4.57 Å². The zero-order valence-corrected chi connectivity index (χ0v) is 12.3. The van der Waals surface area contributed by atoms with Crippen LogP contribution < -0.4 is 4.57 Å². The molecule has 0 aliphatic rings. The summed E-state index contributed by atoms with van der Waals surface area (Å²) in [6.07, 6.45) is 2.03. The van der Waals surface area contributed by atoms with Crippen molar-refractivity contribution in [2.24, 2.45) is 7.05 Å². The number of aryl methyl sites for hydroxylation is 2. The Morgan fingerprint density at radius 2 is 1.90 bits per heavy atom. The number of rotatable bonds is 2.